The van der Waals surface area contributed by atoms with Crippen LogP contribution in [0.2, 0.25) is 0 Å². The third-order valence-corrected chi connectivity index (χ3v) is 3.79. The standard InChI is InChI=1S/C18H25F2N5O3.HI/c1-11(2)16-24-15(28-25-16)7-8-22-18(21-3)23-10-12-9-13(26-4)5-6-14(12)27-17(19)20;/h5-6,9,11,17H,7-8,10H2,1-4H3,(H2,21,22,23);1H. The summed E-state index contributed by atoms with van der Waals surface area (Å²) in [6, 6.07) is 4.63. The molecule has 162 valence electrons. The predicted octanol–water partition coefficient (Wildman–Crippen LogP) is 3.33. The molecular weight excluding hydrogens is 499 g/mol. The van der Waals surface area contributed by atoms with Crippen molar-refractivity contribution in [2.45, 2.75) is 39.3 Å². The number of aromatic nitrogens is 2. The molecule has 0 fully saturated rings. The van der Waals surface area contributed by atoms with Gasteiger partial charge in [-0.2, -0.15) is 13.8 Å². The Morgan fingerprint density at radius 3 is 2.62 bits per heavy atom. The molecule has 0 amide bonds. The maximum absolute atomic E-state index is 12.6. The molecule has 1 heterocycles. The molecule has 0 aliphatic heterocycles. The van der Waals surface area contributed by atoms with Crippen molar-refractivity contribution in [2.75, 3.05) is 20.7 Å². The Morgan fingerprint density at radius 2 is 2.03 bits per heavy atom. The molecule has 11 heteroatoms. The van der Waals surface area contributed by atoms with Gasteiger partial charge in [0.25, 0.3) is 0 Å². The number of rotatable bonds is 9. The van der Waals surface area contributed by atoms with Crippen LogP contribution >= 0.6 is 24.0 Å². The van der Waals surface area contributed by atoms with E-state index in [1.807, 2.05) is 13.8 Å². The number of aliphatic imine (C=N–C) groups is 1. The summed E-state index contributed by atoms with van der Waals surface area (Å²) >= 11 is 0. The molecule has 0 atom stereocenters. The fourth-order valence-electron chi connectivity index (χ4n) is 2.32. The van der Waals surface area contributed by atoms with Crippen molar-refractivity contribution >= 4 is 29.9 Å². The van der Waals surface area contributed by atoms with E-state index in [0.717, 1.165) is 0 Å². The third kappa shape index (κ3) is 7.99. The number of benzene rings is 1. The number of nitrogens with one attached hydrogen (secondary N) is 2. The van der Waals surface area contributed by atoms with Crippen molar-refractivity contribution in [3.05, 3.63) is 35.5 Å². The molecule has 1 aromatic carbocycles. The van der Waals surface area contributed by atoms with Gasteiger partial charge >= 0.3 is 6.61 Å². The van der Waals surface area contributed by atoms with Gasteiger partial charge in [0.15, 0.2) is 11.8 Å². The highest BCUT2D eigenvalue weighted by Gasteiger charge is 2.12. The van der Waals surface area contributed by atoms with Crippen LogP contribution in [0.5, 0.6) is 11.5 Å². The van der Waals surface area contributed by atoms with Crippen molar-refractivity contribution in [1.29, 1.82) is 0 Å². The minimum absolute atomic E-state index is 0. The Kier molecular flexibility index (Phi) is 10.6. The highest BCUT2D eigenvalue weighted by atomic mass is 127. The van der Waals surface area contributed by atoms with Crippen LogP contribution < -0.4 is 20.1 Å². The molecule has 0 spiro atoms. The monoisotopic (exact) mass is 525 g/mol. The van der Waals surface area contributed by atoms with Gasteiger partial charge in [-0.3, -0.25) is 4.99 Å². The van der Waals surface area contributed by atoms with Gasteiger partial charge in [0.2, 0.25) is 5.89 Å². The maximum atomic E-state index is 12.6. The molecule has 29 heavy (non-hydrogen) atoms. The Balaban J connectivity index is 0.00000420. The van der Waals surface area contributed by atoms with Crippen molar-refractivity contribution in [1.82, 2.24) is 20.8 Å². The van der Waals surface area contributed by atoms with E-state index in [1.54, 1.807) is 19.2 Å². The largest absolute Gasteiger partial charge is 0.497 e. The molecule has 2 rings (SSSR count). The number of hydrogen-bond acceptors (Lipinski definition) is 6. The van der Waals surface area contributed by atoms with E-state index in [0.29, 0.717) is 42.0 Å². The summed E-state index contributed by atoms with van der Waals surface area (Å²) < 4.78 is 40.1. The van der Waals surface area contributed by atoms with E-state index in [9.17, 15) is 8.78 Å². The van der Waals surface area contributed by atoms with Crippen LogP contribution in [-0.2, 0) is 13.0 Å². The van der Waals surface area contributed by atoms with E-state index in [-0.39, 0.29) is 42.2 Å². The highest BCUT2D eigenvalue weighted by molar-refractivity contribution is 14.0. The van der Waals surface area contributed by atoms with Crippen molar-refractivity contribution in [2.24, 2.45) is 4.99 Å². The van der Waals surface area contributed by atoms with Crippen molar-refractivity contribution in [3.63, 3.8) is 0 Å². The Hall–Kier alpha value is -2.18. The van der Waals surface area contributed by atoms with Gasteiger partial charge in [0.05, 0.1) is 7.11 Å². The van der Waals surface area contributed by atoms with Crippen LogP contribution in [0, 0.1) is 0 Å². The molecule has 0 unspecified atom stereocenters. The van der Waals surface area contributed by atoms with Crippen LogP contribution in [0.15, 0.2) is 27.7 Å². The van der Waals surface area contributed by atoms with E-state index >= 15 is 0 Å². The molecule has 0 aliphatic carbocycles. The normalized spacial score (nSPS) is 11.4. The second-order valence-electron chi connectivity index (χ2n) is 6.16. The van der Waals surface area contributed by atoms with E-state index in [2.05, 4.69) is 30.5 Å². The molecule has 2 aromatic rings. The number of ether oxygens (including phenoxy) is 2. The summed E-state index contributed by atoms with van der Waals surface area (Å²) in [6.07, 6.45) is 0.527. The first-order valence-electron chi connectivity index (χ1n) is 8.81. The van der Waals surface area contributed by atoms with Crippen LogP contribution in [0.3, 0.4) is 0 Å². The quantitative estimate of drug-likeness (QED) is 0.295. The summed E-state index contributed by atoms with van der Waals surface area (Å²) in [6.45, 7) is 1.80. The predicted molar refractivity (Wildman–Crippen MR) is 115 cm³/mol. The first kappa shape index (κ1) is 24.9. The van der Waals surface area contributed by atoms with Gasteiger partial charge in [-0.05, 0) is 18.2 Å². The highest BCUT2D eigenvalue weighted by Crippen LogP contribution is 2.25. The summed E-state index contributed by atoms with van der Waals surface area (Å²) in [5.74, 6) is 2.51. The number of nitrogens with zero attached hydrogens (tertiary/aromatic N) is 3. The SMILES string of the molecule is CN=C(NCCc1nc(C(C)C)no1)NCc1cc(OC)ccc1OC(F)F.I. The number of alkyl halides is 2. The molecule has 0 saturated carbocycles. The zero-order valence-electron chi connectivity index (χ0n) is 16.7. The third-order valence-electron chi connectivity index (χ3n) is 3.79. The lowest BCUT2D eigenvalue weighted by Crippen LogP contribution is -2.38. The lowest BCUT2D eigenvalue weighted by molar-refractivity contribution is -0.0504. The van der Waals surface area contributed by atoms with Crippen LogP contribution in [0.25, 0.3) is 0 Å². The topological polar surface area (TPSA) is 93.8 Å². The summed E-state index contributed by atoms with van der Waals surface area (Å²) in [7, 11) is 3.12. The number of methoxy groups -OCH3 is 1. The first-order valence-corrected chi connectivity index (χ1v) is 8.81. The minimum atomic E-state index is -2.91. The Labute approximate surface area is 185 Å². The average Bonchev–Trinajstić information content (AvgIpc) is 3.14. The zero-order chi connectivity index (χ0) is 20.5. The molecule has 0 saturated heterocycles. The second kappa shape index (κ2) is 12.4. The van der Waals surface area contributed by atoms with E-state index in [1.165, 1.54) is 13.2 Å². The zero-order valence-corrected chi connectivity index (χ0v) is 19.1. The molecular formula is C18H26F2IN5O3. The Morgan fingerprint density at radius 1 is 1.28 bits per heavy atom. The van der Waals surface area contributed by atoms with Gasteiger partial charge in [0.1, 0.15) is 11.5 Å². The van der Waals surface area contributed by atoms with Crippen LogP contribution in [-0.4, -0.2) is 43.4 Å². The average molecular weight is 525 g/mol. The van der Waals surface area contributed by atoms with Gasteiger partial charge < -0.3 is 24.6 Å². The summed E-state index contributed by atoms with van der Waals surface area (Å²) in [5, 5.41) is 10.1. The molecule has 0 aliphatic rings. The smallest absolute Gasteiger partial charge is 0.387 e. The van der Waals surface area contributed by atoms with Crippen LogP contribution in [0.1, 0.15) is 37.0 Å². The molecule has 2 N–H and O–H groups in total. The van der Waals surface area contributed by atoms with Gasteiger partial charge in [-0.25, -0.2) is 0 Å². The first-order chi connectivity index (χ1) is 13.4. The molecule has 1 aromatic heterocycles. The maximum Gasteiger partial charge on any atom is 0.387 e. The number of halogens is 3. The van der Waals surface area contributed by atoms with Gasteiger partial charge in [-0.1, -0.05) is 19.0 Å². The minimum Gasteiger partial charge on any atom is -0.497 e. The second-order valence-corrected chi connectivity index (χ2v) is 6.16. The number of hydrogen-bond donors (Lipinski definition) is 2. The molecule has 0 bridgehead atoms. The van der Waals surface area contributed by atoms with E-state index < -0.39 is 6.61 Å². The van der Waals surface area contributed by atoms with Gasteiger partial charge in [-0.15, -0.1) is 24.0 Å². The lowest BCUT2D eigenvalue weighted by Gasteiger charge is -2.15. The van der Waals surface area contributed by atoms with Crippen molar-refractivity contribution < 1.29 is 22.8 Å². The summed E-state index contributed by atoms with van der Waals surface area (Å²) in [4.78, 5) is 8.41. The van der Waals surface area contributed by atoms with Crippen molar-refractivity contribution in [3.8, 4) is 11.5 Å². The number of guanidine groups is 1. The lowest BCUT2D eigenvalue weighted by atomic mass is 10.2. The van der Waals surface area contributed by atoms with E-state index in [4.69, 9.17) is 9.26 Å². The van der Waals surface area contributed by atoms with Gasteiger partial charge in [0, 0.05) is 38.0 Å². The summed E-state index contributed by atoms with van der Waals surface area (Å²) in [5.41, 5.74) is 0.515. The fraction of sp³-hybridized carbons (Fsp3) is 0.500. The molecule has 8 nitrogen and oxygen atoms in total. The Bertz CT molecular complexity index is 787. The molecule has 0 radical (unpaired) electrons. The fourth-order valence-corrected chi connectivity index (χ4v) is 2.32. The van der Waals surface area contributed by atoms with Crippen LogP contribution in [0.4, 0.5) is 8.78 Å².